The molecule has 2 amide bonds. The molecule has 0 bridgehead atoms. The van der Waals surface area contributed by atoms with Crippen molar-refractivity contribution in [1.82, 2.24) is 14.5 Å². The summed E-state index contributed by atoms with van der Waals surface area (Å²) in [5.74, 6) is -0.421. The third-order valence-electron chi connectivity index (χ3n) is 5.62. The SMILES string of the molecule is Cc1ccc(-n2c(CN3C(=O)c4ccccc4C3=O)nc3ccccc3c2=O)c(C)c1. The van der Waals surface area contributed by atoms with E-state index in [-0.39, 0.29) is 23.9 Å². The second-order valence-corrected chi connectivity index (χ2v) is 7.72. The summed E-state index contributed by atoms with van der Waals surface area (Å²) < 4.78 is 1.51. The molecule has 0 atom stereocenters. The van der Waals surface area contributed by atoms with Gasteiger partial charge in [-0.15, -0.1) is 0 Å². The highest BCUT2D eigenvalue weighted by Gasteiger charge is 2.36. The summed E-state index contributed by atoms with van der Waals surface area (Å²) in [6, 6.07) is 19.6. The van der Waals surface area contributed by atoms with Gasteiger partial charge < -0.3 is 0 Å². The summed E-state index contributed by atoms with van der Waals surface area (Å²) in [5.41, 5.74) is 3.69. The molecule has 1 aromatic heterocycles. The zero-order valence-corrected chi connectivity index (χ0v) is 17.1. The van der Waals surface area contributed by atoms with Gasteiger partial charge in [0.2, 0.25) is 0 Å². The van der Waals surface area contributed by atoms with Crippen LogP contribution >= 0.6 is 0 Å². The van der Waals surface area contributed by atoms with Crippen molar-refractivity contribution in [2.75, 3.05) is 0 Å². The van der Waals surface area contributed by atoms with E-state index in [9.17, 15) is 14.4 Å². The Balaban J connectivity index is 1.71. The standard InChI is InChI=1S/C25H19N3O3/c1-15-11-12-21(16(2)13-15)28-22(26-20-10-6-5-9-19(20)25(28)31)14-27-23(29)17-7-3-4-8-18(17)24(27)30/h3-13H,14H2,1-2H3. The second-order valence-electron chi connectivity index (χ2n) is 7.72. The van der Waals surface area contributed by atoms with Crippen molar-refractivity contribution in [2.45, 2.75) is 20.4 Å². The number of carbonyl (C=O) groups is 2. The Morgan fingerprint density at radius 2 is 1.45 bits per heavy atom. The predicted octanol–water partition coefficient (Wildman–Crippen LogP) is 3.80. The van der Waals surface area contributed by atoms with Crippen molar-refractivity contribution in [2.24, 2.45) is 0 Å². The van der Waals surface area contributed by atoms with Crippen LogP contribution < -0.4 is 5.56 Å². The molecule has 4 aromatic rings. The number of fused-ring (bicyclic) bond motifs is 2. The quantitative estimate of drug-likeness (QED) is 0.483. The van der Waals surface area contributed by atoms with E-state index in [2.05, 4.69) is 4.98 Å². The Hall–Kier alpha value is -4.06. The van der Waals surface area contributed by atoms with Gasteiger partial charge in [0, 0.05) is 0 Å². The maximum absolute atomic E-state index is 13.5. The van der Waals surface area contributed by atoms with Crippen LogP contribution in [0.25, 0.3) is 16.6 Å². The van der Waals surface area contributed by atoms with Gasteiger partial charge in [-0.1, -0.05) is 42.0 Å². The molecule has 2 heterocycles. The molecule has 0 unspecified atom stereocenters. The van der Waals surface area contributed by atoms with Crippen LogP contribution in [0.15, 0.2) is 71.5 Å². The first kappa shape index (κ1) is 18.9. The Kier molecular flexibility index (Phi) is 4.29. The number of imide groups is 1. The number of carbonyl (C=O) groups excluding carboxylic acids is 2. The number of aryl methyl sites for hydroxylation is 2. The fourth-order valence-corrected chi connectivity index (χ4v) is 4.11. The molecule has 1 aliphatic rings. The Morgan fingerprint density at radius 3 is 2.13 bits per heavy atom. The summed E-state index contributed by atoms with van der Waals surface area (Å²) in [6.07, 6.45) is 0. The van der Waals surface area contributed by atoms with Gasteiger partial charge in [0.05, 0.1) is 34.3 Å². The largest absolute Gasteiger partial charge is 0.269 e. The van der Waals surface area contributed by atoms with E-state index in [0.717, 1.165) is 16.0 Å². The molecule has 0 N–H and O–H groups in total. The molecular formula is C25H19N3O3. The summed E-state index contributed by atoms with van der Waals surface area (Å²) in [7, 11) is 0. The zero-order chi connectivity index (χ0) is 21.7. The molecule has 152 valence electrons. The monoisotopic (exact) mass is 409 g/mol. The predicted molar refractivity (Wildman–Crippen MR) is 117 cm³/mol. The first-order valence-electron chi connectivity index (χ1n) is 9.99. The number of aromatic nitrogens is 2. The van der Waals surface area contributed by atoms with Gasteiger partial charge in [-0.25, -0.2) is 4.98 Å². The van der Waals surface area contributed by atoms with Crippen LogP contribution in [0.1, 0.15) is 37.7 Å². The minimum atomic E-state index is -0.379. The number of rotatable bonds is 3. The van der Waals surface area contributed by atoms with E-state index in [1.165, 1.54) is 4.57 Å². The van der Waals surface area contributed by atoms with Crippen LogP contribution in [-0.4, -0.2) is 26.3 Å². The van der Waals surface area contributed by atoms with Crippen LogP contribution in [0.3, 0.4) is 0 Å². The highest BCUT2D eigenvalue weighted by Crippen LogP contribution is 2.25. The summed E-state index contributed by atoms with van der Waals surface area (Å²) >= 11 is 0. The van der Waals surface area contributed by atoms with E-state index in [0.29, 0.717) is 33.5 Å². The van der Waals surface area contributed by atoms with Crippen molar-refractivity contribution in [3.8, 4) is 5.69 Å². The average Bonchev–Trinajstić information content (AvgIpc) is 3.00. The minimum absolute atomic E-state index is 0.0975. The van der Waals surface area contributed by atoms with Gasteiger partial charge in [0.25, 0.3) is 17.4 Å². The van der Waals surface area contributed by atoms with Crippen LogP contribution in [0.2, 0.25) is 0 Å². The normalized spacial score (nSPS) is 13.2. The topological polar surface area (TPSA) is 72.3 Å². The van der Waals surface area contributed by atoms with Gasteiger partial charge in [0.15, 0.2) is 0 Å². The lowest BCUT2D eigenvalue weighted by atomic mass is 10.1. The fraction of sp³-hybridized carbons (Fsp3) is 0.120. The number of amides is 2. The lowest BCUT2D eigenvalue weighted by Crippen LogP contribution is -2.34. The van der Waals surface area contributed by atoms with E-state index < -0.39 is 0 Å². The van der Waals surface area contributed by atoms with Crippen LogP contribution in [0.4, 0.5) is 0 Å². The lowest BCUT2D eigenvalue weighted by molar-refractivity contribution is 0.0637. The van der Waals surface area contributed by atoms with Gasteiger partial charge in [-0.05, 0) is 49.7 Å². The van der Waals surface area contributed by atoms with Crippen LogP contribution in [0, 0.1) is 13.8 Å². The molecule has 0 radical (unpaired) electrons. The smallest absolute Gasteiger partial charge is 0.266 e. The average molecular weight is 409 g/mol. The Morgan fingerprint density at radius 1 is 0.806 bits per heavy atom. The molecule has 0 saturated heterocycles. The molecule has 0 saturated carbocycles. The van der Waals surface area contributed by atoms with Crippen molar-refractivity contribution in [3.63, 3.8) is 0 Å². The van der Waals surface area contributed by atoms with E-state index >= 15 is 0 Å². The summed E-state index contributed by atoms with van der Waals surface area (Å²) in [4.78, 5) is 45.1. The summed E-state index contributed by atoms with van der Waals surface area (Å²) in [5, 5.41) is 0.480. The molecule has 31 heavy (non-hydrogen) atoms. The molecule has 1 aliphatic heterocycles. The Bertz CT molecular complexity index is 1420. The zero-order valence-electron chi connectivity index (χ0n) is 17.1. The first-order valence-corrected chi connectivity index (χ1v) is 9.99. The summed E-state index contributed by atoms with van der Waals surface area (Å²) in [6.45, 7) is 3.81. The third kappa shape index (κ3) is 2.95. The second kappa shape index (κ2) is 7.02. The molecule has 3 aromatic carbocycles. The molecule has 0 spiro atoms. The molecule has 6 heteroatoms. The number of hydrogen-bond acceptors (Lipinski definition) is 4. The molecule has 6 nitrogen and oxygen atoms in total. The lowest BCUT2D eigenvalue weighted by Gasteiger charge is -2.19. The molecular weight excluding hydrogens is 390 g/mol. The minimum Gasteiger partial charge on any atom is -0.269 e. The molecule has 0 fully saturated rings. The first-order chi connectivity index (χ1) is 15.0. The van der Waals surface area contributed by atoms with Crippen molar-refractivity contribution in [3.05, 3.63) is 105 Å². The van der Waals surface area contributed by atoms with Crippen molar-refractivity contribution in [1.29, 1.82) is 0 Å². The van der Waals surface area contributed by atoms with E-state index in [1.54, 1.807) is 42.5 Å². The Labute approximate surface area is 178 Å². The maximum Gasteiger partial charge on any atom is 0.266 e. The van der Waals surface area contributed by atoms with Gasteiger partial charge >= 0.3 is 0 Å². The van der Waals surface area contributed by atoms with Gasteiger partial charge in [-0.3, -0.25) is 23.9 Å². The maximum atomic E-state index is 13.5. The highest BCUT2D eigenvalue weighted by molar-refractivity contribution is 6.21. The third-order valence-corrected chi connectivity index (χ3v) is 5.62. The van der Waals surface area contributed by atoms with Gasteiger partial charge in [-0.2, -0.15) is 0 Å². The highest BCUT2D eigenvalue weighted by atomic mass is 16.2. The van der Waals surface area contributed by atoms with Crippen LogP contribution in [0.5, 0.6) is 0 Å². The molecule has 5 rings (SSSR count). The van der Waals surface area contributed by atoms with E-state index in [4.69, 9.17) is 0 Å². The van der Waals surface area contributed by atoms with Gasteiger partial charge in [0.1, 0.15) is 5.82 Å². The fourth-order valence-electron chi connectivity index (χ4n) is 4.11. The number of hydrogen-bond donors (Lipinski definition) is 0. The number of para-hydroxylation sites is 1. The van der Waals surface area contributed by atoms with Crippen LogP contribution in [-0.2, 0) is 6.54 Å². The van der Waals surface area contributed by atoms with E-state index in [1.807, 2.05) is 38.1 Å². The number of benzene rings is 3. The van der Waals surface area contributed by atoms with Crippen molar-refractivity contribution >= 4 is 22.7 Å². The van der Waals surface area contributed by atoms with Crippen molar-refractivity contribution < 1.29 is 9.59 Å². The number of nitrogens with zero attached hydrogens (tertiary/aromatic N) is 3. The molecule has 0 aliphatic carbocycles.